The van der Waals surface area contributed by atoms with E-state index in [4.69, 9.17) is 11.6 Å². The van der Waals surface area contributed by atoms with Gasteiger partial charge in [-0.05, 0) is 37.2 Å². The van der Waals surface area contributed by atoms with E-state index in [1.54, 1.807) is 19.0 Å². The first kappa shape index (κ1) is 16.8. The van der Waals surface area contributed by atoms with Crippen LogP contribution in [0.4, 0.5) is 5.69 Å². The van der Waals surface area contributed by atoms with Gasteiger partial charge in [-0.2, -0.15) is 0 Å². The highest BCUT2D eigenvalue weighted by Crippen LogP contribution is 2.24. The molecule has 0 aliphatic rings. The second-order valence-electron chi connectivity index (χ2n) is 4.86. The maximum absolute atomic E-state index is 11.9. The van der Waals surface area contributed by atoms with Crippen molar-refractivity contribution in [3.05, 3.63) is 28.8 Å². The number of carbonyl (C=O) groups is 1. The molecular formula is C15H24ClN3O. The lowest BCUT2D eigenvalue weighted by Gasteiger charge is -2.26. The highest BCUT2D eigenvalue weighted by Gasteiger charge is 2.14. The SMILES string of the molecule is CCNCc1cc(Cl)ccc1N(CC)CC(=O)N(C)C. The zero-order valence-electron chi connectivity index (χ0n) is 12.7. The van der Waals surface area contributed by atoms with Crippen LogP contribution < -0.4 is 10.2 Å². The Morgan fingerprint density at radius 3 is 2.55 bits per heavy atom. The Labute approximate surface area is 126 Å². The van der Waals surface area contributed by atoms with E-state index in [0.717, 1.165) is 35.9 Å². The van der Waals surface area contributed by atoms with Crippen LogP contribution in [0, 0.1) is 0 Å². The molecule has 0 aromatic heterocycles. The molecule has 0 unspecified atom stereocenters. The van der Waals surface area contributed by atoms with Crippen LogP contribution in [0.15, 0.2) is 18.2 Å². The average molecular weight is 298 g/mol. The number of nitrogens with one attached hydrogen (secondary N) is 1. The lowest BCUT2D eigenvalue weighted by Crippen LogP contribution is -2.37. The fraction of sp³-hybridized carbons (Fsp3) is 0.533. The Morgan fingerprint density at radius 2 is 2.00 bits per heavy atom. The summed E-state index contributed by atoms with van der Waals surface area (Å²) in [5.74, 6) is 0.0937. The van der Waals surface area contributed by atoms with Gasteiger partial charge in [0.25, 0.3) is 0 Å². The smallest absolute Gasteiger partial charge is 0.241 e. The molecule has 1 N–H and O–H groups in total. The maximum atomic E-state index is 11.9. The third-order valence-electron chi connectivity index (χ3n) is 3.15. The summed E-state index contributed by atoms with van der Waals surface area (Å²) >= 11 is 6.08. The molecule has 0 bridgehead atoms. The van der Waals surface area contributed by atoms with Gasteiger partial charge < -0.3 is 15.1 Å². The Balaban J connectivity index is 2.98. The number of rotatable bonds is 7. The molecule has 1 aromatic carbocycles. The summed E-state index contributed by atoms with van der Waals surface area (Å²) in [6, 6.07) is 5.82. The first-order chi connectivity index (χ1) is 9.49. The van der Waals surface area contributed by atoms with E-state index in [0.29, 0.717) is 6.54 Å². The highest BCUT2D eigenvalue weighted by molar-refractivity contribution is 6.30. The van der Waals surface area contributed by atoms with Crippen molar-refractivity contribution in [2.75, 3.05) is 38.6 Å². The minimum atomic E-state index is 0.0937. The summed E-state index contributed by atoms with van der Waals surface area (Å²) < 4.78 is 0. The molecule has 5 heteroatoms. The van der Waals surface area contributed by atoms with Crippen molar-refractivity contribution in [3.63, 3.8) is 0 Å². The van der Waals surface area contributed by atoms with Crippen molar-refractivity contribution in [2.24, 2.45) is 0 Å². The number of halogens is 1. The van der Waals surface area contributed by atoms with Gasteiger partial charge in [0.1, 0.15) is 0 Å². The minimum absolute atomic E-state index is 0.0937. The molecule has 0 atom stereocenters. The van der Waals surface area contributed by atoms with Crippen LogP contribution >= 0.6 is 11.6 Å². The predicted molar refractivity (Wildman–Crippen MR) is 85.4 cm³/mol. The van der Waals surface area contributed by atoms with Crippen LogP contribution in [0.5, 0.6) is 0 Å². The van der Waals surface area contributed by atoms with E-state index in [-0.39, 0.29) is 5.91 Å². The van der Waals surface area contributed by atoms with Crippen molar-refractivity contribution in [3.8, 4) is 0 Å². The van der Waals surface area contributed by atoms with Crippen LogP contribution in [0.1, 0.15) is 19.4 Å². The number of likely N-dealkylation sites (N-methyl/N-ethyl adjacent to an activating group) is 2. The van der Waals surface area contributed by atoms with Gasteiger partial charge in [-0.25, -0.2) is 0 Å². The molecule has 1 rings (SSSR count). The van der Waals surface area contributed by atoms with Gasteiger partial charge in [-0.15, -0.1) is 0 Å². The van der Waals surface area contributed by atoms with Crippen LogP contribution in [-0.2, 0) is 11.3 Å². The molecule has 1 aromatic rings. The molecule has 4 nitrogen and oxygen atoms in total. The topological polar surface area (TPSA) is 35.6 Å². The van der Waals surface area contributed by atoms with Crippen LogP contribution in [0.3, 0.4) is 0 Å². The third-order valence-corrected chi connectivity index (χ3v) is 3.39. The van der Waals surface area contributed by atoms with Crippen molar-refractivity contribution in [1.29, 1.82) is 0 Å². The number of hydrogen-bond acceptors (Lipinski definition) is 3. The number of nitrogens with zero attached hydrogens (tertiary/aromatic N) is 2. The van der Waals surface area contributed by atoms with E-state index < -0.39 is 0 Å². The van der Waals surface area contributed by atoms with Crippen molar-refractivity contribution in [2.45, 2.75) is 20.4 Å². The molecule has 0 fully saturated rings. The Kier molecular flexibility index (Phi) is 6.82. The van der Waals surface area contributed by atoms with Gasteiger partial charge in [0, 0.05) is 37.9 Å². The van der Waals surface area contributed by atoms with E-state index in [9.17, 15) is 4.79 Å². The molecule has 0 heterocycles. The summed E-state index contributed by atoms with van der Waals surface area (Å²) in [5, 5.41) is 4.03. The molecular weight excluding hydrogens is 274 g/mol. The molecule has 20 heavy (non-hydrogen) atoms. The van der Waals surface area contributed by atoms with Crippen LogP contribution in [0.25, 0.3) is 0 Å². The van der Waals surface area contributed by atoms with Crippen molar-refractivity contribution >= 4 is 23.2 Å². The van der Waals surface area contributed by atoms with E-state index in [1.165, 1.54) is 0 Å². The summed E-state index contributed by atoms with van der Waals surface area (Å²) in [5.41, 5.74) is 2.18. The van der Waals surface area contributed by atoms with Crippen LogP contribution in [-0.4, -0.2) is 44.5 Å². The summed E-state index contributed by atoms with van der Waals surface area (Å²) in [7, 11) is 3.55. The lowest BCUT2D eigenvalue weighted by atomic mass is 10.1. The Bertz CT molecular complexity index is 449. The van der Waals surface area contributed by atoms with E-state index in [1.807, 2.05) is 18.2 Å². The average Bonchev–Trinajstić information content (AvgIpc) is 2.42. The lowest BCUT2D eigenvalue weighted by molar-refractivity contribution is -0.127. The predicted octanol–water partition coefficient (Wildman–Crippen LogP) is 2.36. The molecule has 1 amide bonds. The zero-order valence-corrected chi connectivity index (χ0v) is 13.5. The molecule has 0 saturated carbocycles. The van der Waals surface area contributed by atoms with Gasteiger partial charge in [0.15, 0.2) is 0 Å². The summed E-state index contributed by atoms with van der Waals surface area (Å²) in [6.45, 7) is 6.92. The zero-order chi connectivity index (χ0) is 15.1. The van der Waals surface area contributed by atoms with Gasteiger partial charge in [-0.3, -0.25) is 4.79 Å². The highest BCUT2D eigenvalue weighted by atomic mass is 35.5. The quantitative estimate of drug-likeness (QED) is 0.839. The normalized spacial score (nSPS) is 10.4. The summed E-state index contributed by atoms with van der Waals surface area (Å²) in [4.78, 5) is 15.6. The number of benzene rings is 1. The van der Waals surface area contributed by atoms with Gasteiger partial charge >= 0.3 is 0 Å². The third kappa shape index (κ3) is 4.69. The Hall–Kier alpha value is -1.26. The second-order valence-corrected chi connectivity index (χ2v) is 5.29. The Morgan fingerprint density at radius 1 is 1.30 bits per heavy atom. The first-order valence-electron chi connectivity index (χ1n) is 6.93. The van der Waals surface area contributed by atoms with E-state index >= 15 is 0 Å². The summed E-state index contributed by atoms with van der Waals surface area (Å²) in [6.07, 6.45) is 0. The van der Waals surface area contributed by atoms with Gasteiger partial charge in [0.05, 0.1) is 6.54 Å². The molecule has 0 aliphatic carbocycles. The van der Waals surface area contributed by atoms with Crippen molar-refractivity contribution in [1.82, 2.24) is 10.2 Å². The standard InChI is InChI=1S/C15H24ClN3O/c1-5-17-10-12-9-13(16)7-8-14(12)19(6-2)11-15(20)18(3)4/h7-9,17H,5-6,10-11H2,1-4H3. The maximum Gasteiger partial charge on any atom is 0.241 e. The number of amides is 1. The molecule has 0 radical (unpaired) electrons. The second kappa shape index (κ2) is 8.12. The monoisotopic (exact) mass is 297 g/mol. The fourth-order valence-corrected chi connectivity index (χ4v) is 2.13. The van der Waals surface area contributed by atoms with Gasteiger partial charge in [0.2, 0.25) is 5.91 Å². The largest absolute Gasteiger partial charge is 0.362 e. The fourth-order valence-electron chi connectivity index (χ4n) is 1.94. The minimum Gasteiger partial charge on any atom is -0.362 e. The molecule has 0 aliphatic heterocycles. The molecule has 0 spiro atoms. The molecule has 0 saturated heterocycles. The van der Waals surface area contributed by atoms with Crippen molar-refractivity contribution < 1.29 is 4.79 Å². The van der Waals surface area contributed by atoms with E-state index in [2.05, 4.69) is 24.1 Å². The molecule has 112 valence electrons. The number of anilines is 1. The number of hydrogen-bond donors (Lipinski definition) is 1. The van der Waals surface area contributed by atoms with Crippen LogP contribution in [0.2, 0.25) is 5.02 Å². The van der Waals surface area contributed by atoms with Gasteiger partial charge in [-0.1, -0.05) is 18.5 Å². The first-order valence-corrected chi connectivity index (χ1v) is 7.31. The number of carbonyl (C=O) groups excluding carboxylic acids is 1.